The van der Waals surface area contributed by atoms with E-state index in [1.807, 2.05) is 12.1 Å². The second-order valence-corrected chi connectivity index (χ2v) is 6.30. The van der Waals surface area contributed by atoms with Crippen molar-refractivity contribution in [3.63, 3.8) is 0 Å². The van der Waals surface area contributed by atoms with Crippen molar-refractivity contribution in [2.75, 3.05) is 31.6 Å². The Labute approximate surface area is 161 Å². The number of amides is 2. The fourth-order valence-corrected chi connectivity index (χ4v) is 2.56. The Bertz CT molecular complexity index is 620. The van der Waals surface area contributed by atoms with Gasteiger partial charge in [0.15, 0.2) is 0 Å². The Morgan fingerprint density at radius 2 is 1.93 bits per heavy atom. The van der Waals surface area contributed by atoms with Crippen LogP contribution >= 0.6 is 0 Å². The minimum atomic E-state index is -0.123. The number of nitrogens with zero attached hydrogens (tertiary/aromatic N) is 2. The van der Waals surface area contributed by atoms with E-state index in [4.69, 9.17) is 17.3 Å². The van der Waals surface area contributed by atoms with Crippen LogP contribution in [-0.4, -0.2) is 44.0 Å². The Morgan fingerprint density at radius 3 is 2.59 bits per heavy atom. The lowest BCUT2D eigenvalue weighted by Crippen LogP contribution is -2.28. The maximum atomic E-state index is 11.4. The molecule has 1 aromatic carbocycles. The summed E-state index contributed by atoms with van der Waals surface area (Å²) in [6.45, 7) is 1.72. The van der Waals surface area contributed by atoms with E-state index in [0.29, 0.717) is 30.9 Å². The monoisotopic (exact) mass is 376 g/mol. The molecular formula is C19H32N6O2. The van der Waals surface area contributed by atoms with E-state index < -0.39 is 0 Å². The SMILES string of the molecule is CNC(=O)CCN(C=O)c1cccc(/C(N)=C/N(N)CCCCCCN)c1. The molecule has 2 amide bonds. The number of carbonyl (C=O) groups is 2. The van der Waals surface area contributed by atoms with Gasteiger partial charge >= 0.3 is 0 Å². The van der Waals surface area contributed by atoms with Crippen LogP contribution in [0.1, 0.15) is 37.7 Å². The average Bonchev–Trinajstić information content (AvgIpc) is 2.68. The quantitative estimate of drug-likeness (QED) is 0.174. The molecule has 1 rings (SSSR count). The molecule has 0 bridgehead atoms. The molecule has 7 N–H and O–H groups in total. The number of hydrazine groups is 1. The number of hydrogen-bond acceptors (Lipinski definition) is 6. The van der Waals surface area contributed by atoms with Crippen molar-refractivity contribution in [3.05, 3.63) is 36.0 Å². The van der Waals surface area contributed by atoms with Crippen LogP contribution in [0.3, 0.4) is 0 Å². The number of nitrogens with one attached hydrogen (secondary N) is 1. The highest BCUT2D eigenvalue weighted by atomic mass is 16.2. The summed E-state index contributed by atoms with van der Waals surface area (Å²) in [7, 11) is 1.57. The lowest BCUT2D eigenvalue weighted by atomic mass is 10.1. The summed E-state index contributed by atoms with van der Waals surface area (Å²) < 4.78 is 0. The number of nitrogens with two attached hydrogens (primary N) is 3. The summed E-state index contributed by atoms with van der Waals surface area (Å²) in [5.74, 6) is 5.87. The third kappa shape index (κ3) is 8.57. The predicted molar refractivity (Wildman–Crippen MR) is 109 cm³/mol. The molecule has 0 radical (unpaired) electrons. The summed E-state index contributed by atoms with van der Waals surface area (Å²) in [4.78, 5) is 24.2. The molecule has 8 heteroatoms. The second-order valence-electron chi connectivity index (χ2n) is 6.30. The second kappa shape index (κ2) is 12.7. The molecule has 0 aromatic heterocycles. The molecule has 150 valence electrons. The highest BCUT2D eigenvalue weighted by Gasteiger charge is 2.09. The van der Waals surface area contributed by atoms with E-state index in [1.165, 1.54) is 4.90 Å². The third-order valence-corrected chi connectivity index (χ3v) is 4.17. The molecule has 0 fully saturated rings. The molecule has 27 heavy (non-hydrogen) atoms. The molecular weight excluding hydrogens is 344 g/mol. The highest BCUT2D eigenvalue weighted by molar-refractivity contribution is 5.81. The van der Waals surface area contributed by atoms with Gasteiger partial charge in [-0.15, -0.1) is 0 Å². The molecule has 1 aromatic rings. The minimum Gasteiger partial charge on any atom is -0.397 e. The number of carbonyl (C=O) groups excluding carboxylic acids is 2. The van der Waals surface area contributed by atoms with E-state index in [-0.39, 0.29) is 12.3 Å². The molecule has 0 heterocycles. The van der Waals surface area contributed by atoms with Gasteiger partial charge in [0.05, 0.1) is 5.70 Å². The van der Waals surface area contributed by atoms with Crippen molar-refractivity contribution in [3.8, 4) is 0 Å². The molecule has 0 unspecified atom stereocenters. The van der Waals surface area contributed by atoms with E-state index in [2.05, 4.69) is 5.32 Å². The van der Waals surface area contributed by atoms with E-state index in [0.717, 1.165) is 37.8 Å². The molecule has 0 saturated heterocycles. The Balaban J connectivity index is 2.69. The van der Waals surface area contributed by atoms with Crippen molar-refractivity contribution in [2.24, 2.45) is 17.3 Å². The molecule has 0 aliphatic heterocycles. The number of unbranched alkanes of at least 4 members (excludes halogenated alkanes) is 3. The summed E-state index contributed by atoms with van der Waals surface area (Å²) in [6, 6.07) is 7.27. The van der Waals surface area contributed by atoms with Gasteiger partial charge in [-0.2, -0.15) is 0 Å². The van der Waals surface area contributed by atoms with Crippen LogP contribution in [0.25, 0.3) is 5.70 Å². The summed E-state index contributed by atoms with van der Waals surface area (Å²) in [5, 5.41) is 4.12. The molecule has 8 nitrogen and oxygen atoms in total. The molecule has 0 aliphatic rings. The van der Waals surface area contributed by atoms with Crippen LogP contribution in [0.2, 0.25) is 0 Å². The first-order chi connectivity index (χ1) is 13.0. The average molecular weight is 377 g/mol. The highest BCUT2D eigenvalue weighted by Crippen LogP contribution is 2.19. The van der Waals surface area contributed by atoms with Crippen LogP contribution in [-0.2, 0) is 9.59 Å². The zero-order valence-corrected chi connectivity index (χ0v) is 16.1. The van der Waals surface area contributed by atoms with Crippen LogP contribution in [0, 0.1) is 0 Å². The fraction of sp³-hybridized carbons (Fsp3) is 0.474. The first kappa shape index (κ1) is 22.5. The van der Waals surface area contributed by atoms with Gasteiger partial charge in [-0.1, -0.05) is 25.0 Å². The lowest BCUT2D eigenvalue weighted by Gasteiger charge is -2.19. The van der Waals surface area contributed by atoms with Gasteiger partial charge in [-0.3, -0.25) is 9.59 Å². The number of hydrogen-bond donors (Lipinski definition) is 4. The zero-order valence-electron chi connectivity index (χ0n) is 16.1. The van der Waals surface area contributed by atoms with Crippen molar-refractivity contribution in [1.29, 1.82) is 0 Å². The smallest absolute Gasteiger partial charge is 0.221 e. The Hall–Kier alpha value is -2.58. The van der Waals surface area contributed by atoms with Crippen molar-refractivity contribution < 1.29 is 9.59 Å². The number of benzene rings is 1. The number of rotatable bonds is 13. The lowest BCUT2D eigenvalue weighted by molar-refractivity contribution is -0.120. The van der Waals surface area contributed by atoms with Crippen LogP contribution < -0.4 is 27.5 Å². The first-order valence-corrected chi connectivity index (χ1v) is 9.23. The molecule has 0 saturated carbocycles. The summed E-state index contributed by atoms with van der Waals surface area (Å²) in [6.07, 6.45) is 6.81. The van der Waals surface area contributed by atoms with Crippen LogP contribution in [0.4, 0.5) is 5.69 Å². The van der Waals surface area contributed by atoms with Gasteiger partial charge in [0.2, 0.25) is 12.3 Å². The maximum absolute atomic E-state index is 11.4. The zero-order chi connectivity index (χ0) is 20.1. The van der Waals surface area contributed by atoms with E-state index >= 15 is 0 Å². The number of anilines is 1. The standard InChI is InChI=1S/C19H32N6O2/c1-23-19(27)9-12-24(15-26)17-8-6-7-16(13-17)18(21)14-25(22)11-5-3-2-4-10-20/h6-8,13-15H,2-5,9-12,20-22H2,1H3,(H,23,27)/b18-14-. The fourth-order valence-electron chi connectivity index (χ4n) is 2.56. The van der Waals surface area contributed by atoms with Gasteiger partial charge in [0, 0.05) is 44.0 Å². The topological polar surface area (TPSA) is 131 Å². The van der Waals surface area contributed by atoms with Crippen molar-refractivity contribution in [1.82, 2.24) is 10.3 Å². The molecule has 0 atom stereocenters. The van der Waals surface area contributed by atoms with Crippen LogP contribution in [0.5, 0.6) is 0 Å². The van der Waals surface area contributed by atoms with E-state index in [9.17, 15) is 9.59 Å². The third-order valence-electron chi connectivity index (χ3n) is 4.17. The Morgan fingerprint density at radius 1 is 1.19 bits per heavy atom. The van der Waals surface area contributed by atoms with Gasteiger partial charge < -0.3 is 26.7 Å². The Kier molecular flexibility index (Phi) is 10.6. The van der Waals surface area contributed by atoms with Gasteiger partial charge in [0.25, 0.3) is 0 Å². The minimum absolute atomic E-state index is 0.123. The maximum Gasteiger partial charge on any atom is 0.221 e. The van der Waals surface area contributed by atoms with Gasteiger partial charge in [0.1, 0.15) is 0 Å². The first-order valence-electron chi connectivity index (χ1n) is 9.23. The van der Waals surface area contributed by atoms with Crippen LogP contribution in [0.15, 0.2) is 30.5 Å². The predicted octanol–water partition coefficient (Wildman–Crippen LogP) is 0.737. The summed E-state index contributed by atoms with van der Waals surface area (Å²) in [5.41, 5.74) is 13.6. The van der Waals surface area contributed by atoms with Crippen molar-refractivity contribution in [2.45, 2.75) is 32.1 Å². The van der Waals surface area contributed by atoms with Crippen molar-refractivity contribution >= 4 is 23.7 Å². The van der Waals surface area contributed by atoms with Gasteiger partial charge in [-0.25, -0.2) is 5.84 Å². The largest absolute Gasteiger partial charge is 0.397 e. The van der Waals surface area contributed by atoms with Gasteiger partial charge in [-0.05, 0) is 31.5 Å². The summed E-state index contributed by atoms with van der Waals surface area (Å²) >= 11 is 0. The normalized spacial score (nSPS) is 11.1. The molecule has 0 aliphatic carbocycles. The van der Waals surface area contributed by atoms with E-state index in [1.54, 1.807) is 30.4 Å². The molecule has 0 spiro atoms.